The van der Waals surface area contributed by atoms with Crippen molar-refractivity contribution in [1.82, 2.24) is 24.6 Å². The van der Waals surface area contributed by atoms with Crippen LogP contribution in [0.2, 0.25) is 0 Å². The smallest absolute Gasteiger partial charge is 0.254 e. The van der Waals surface area contributed by atoms with Gasteiger partial charge in [0.2, 0.25) is 0 Å². The molecule has 25 heavy (non-hydrogen) atoms. The lowest BCUT2D eigenvalue weighted by Crippen LogP contribution is -2.30. The second-order valence-corrected chi connectivity index (χ2v) is 6.70. The molecule has 1 aliphatic heterocycles. The van der Waals surface area contributed by atoms with Gasteiger partial charge in [0.05, 0.1) is 34.7 Å². The molecule has 0 unspecified atom stereocenters. The van der Waals surface area contributed by atoms with E-state index in [1.807, 2.05) is 56.4 Å². The van der Waals surface area contributed by atoms with Crippen LogP contribution in [-0.2, 0) is 7.05 Å². The SMILES string of the molecule is Cc1nc2ccc(C(=O)N3CCC[C@H]3c3cnn(C)c3)cc2nc1C. The summed E-state index contributed by atoms with van der Waals surface area (Å²) in [6, 6.07) is 5.70. The molecule has 0 saturated carbocycles. The topological polar surface area (TPSA) is 63.9 Å². The molecule has 0 aliphatic carbocycles. The van der Waals surface area contributed by atoms with E-state index in [0.717, 1.165) is 47.4 Å². The number of amides is 1. The molecule has 3 aromatic rings. The van der Waals surface area contributed by atoms with Crippen LogP contribution in [0.5, 0.6) is 0 Å². The van der Waals surface area contributed by atoms with Crippen molar-refractivity contribution in [1.29, 1.82) is 0 Å². The molecule has 1 aromatic carbocycles. The Morgan fingerprint density at radius 3 is 2.64 bits per heavy atom. The number of hydrogen-bond donors (Lipinski definition) is 0. The van der Waals surface area contributed by atoms with Crippen molar-refractivity contribution in [2.24, 2.45) is 7.05 Å². The summed E-state index contributed by atoms with van der Waals surface area (Å²) in [7, 11) is 1.90. The predicted molar refractivity (Wildman–Crippen MR) is 95.2 cm³/mol. The van der Waals surface area contributed by atoms with Crippen LogP contribution in [-0.4, -0.2) is 37.1 Å². The molecule has 3 heterocycles. The standard InChI is InChI=1S/C19H21N5O/c1-12-13(2)22-17-9-14(6-7-16(17)21-12)19(25)24-8-4-5-18(24)15-10-20-23(3)11-15/h6-7,9-11,18H,4-5,8H2,1-3H3/t18-/m0/s1. The number of carbonyl (C=O) groups is 1. The Kier molecular flexibility index (Phi) is 3.75. The maximum absolute atomic E-state index is 13.1. The van der Waals surface area contributed by atoms with Gasteiger partial charge >= 0.3 is 0 Å². The van der Waals surface area contributed by atoms with Gasteiger partial charge in [-0.25, -0.2) is 9.97 Å². The number of benzene rings is 1. The van der Waals surface area contributed by atoms with E-state index >= 15 is 0 Å². The van der Waals surface area contributed by atoms with Crippen molar-refractivity contribution in [3.05, 3.63) is 53.1 Å². The normalized spacial score (nSPS) is 17.4. The minimum Gasteiger partial charge on any atom is -0.331 e. The van der Waals surface area contributed by atoms with Crippen LogP contribution < -0.4 is 0 Å². The van der Waals surface area contributed by atoms with Crippen LogP contribution in [0.4, 0.5) is 0 Å². The van der Waals surface area contributed by atoms with E-state index in [0.29, 0.717) is 5.56 Å². The quantitative estimate of drug-likeness (QED) is 0.722. The van der Waals surface area contributed by atoms with Crippen molar-refractivity contribution >= 4 is 16.9 Å². The van der Waals surface area contributed by atoms with Gasteiger partial charge in [-0.3, -0.25) is 9.48 Å². The minimum absolute atomic E-state index is 0.0493. The van der Waals surface area contributed by atoms with E-state index < -0.39 is 0 Å². The fraction of sp³-hybridized carbons (Fsp3) is 0.368. The molecule has 0 spiro atoms. The Labute approximate surface area is 146 Å². The summed E-state index contributed by atoms with van der Waals surface area (Å²) >= 11 is 0. The number of nitrogens with zero attached hydrogens (tertiary/aromatic N) is 5. The van der Waals surface area contributed by atoms with Crippen LogP contribution in [0.25, 0.3) is 11.0 Å². The molecule has 6 nitrogen and oxygen atoms in total. The molecule has 0 N–H and O–H groups in total. The Balaban J connectivity index is 1.67. The van der Waals surface area contributed by atoms with Gasteiger partial charge < -0.3 is 4.90 Å². The third-order valence-electron chi connectivity index (χ3n) is 4.95. The van der Waals surface area contributed by atoms with Gasteiger partial charge in [-0.15, -0.1) is 0 Å². The van der Waals surface area contributed by atoms with Crippen LogP contribution >= 0.6 is 0 Å². The lowest BCUT2D eigenvalue weighted by molar-refractivity contribution is 0.0736. The minimum atomic E-state index is 0.0493. The molecule has 1 atom stereocenters. The molecular formula is C19H21N5O. The number of aryl methyl sites for hydroxylation is 3. The van der Waals surface area contributed by atoms with Gasteiger partial charge in [-0.05, 0) is 44.9 Å². The zero-order valence-corrected chi connectivity index (χ0v) is 14.7. The third-order valence-corrected chi connectivity index (χ3v) is 4.95. The first kappa shape index (κ1) is 15.7. The highest BCUT2D eigenvalue weighted by molar-refractivity contribution is 5.97. The summed E-state index contributed by atoms with van der Waals surface area (Å²) in [4.78, 5) is 24.2. The average Bonchev–Trinajstić information content (AvgIpc) is 3.23. The molecule has 1 aliphatic rings. The molecule has 1 amide bonds. The summed E-state index contributed by atoms with van der Waals surface area (Å²) in [6.07, 6.45) is 5.84. The lowest BCUT2D eigenvalue weighted by Gasteiger charge is -2.24. The number of aromatic nitrogens is 4. The van der Waals surface area contributed by atoms with Gasteiger partial charge in [0, 0.05) is 30.9 Å². The van der Waals surface area contributed by atoms with Crippen LogP contribution in [0, 0.1) is 13.8 Å². The largest absolute Gasteiger partial charge is 0.331 e. The lowest BCUT2D eigenvalue weighted by atomic mass is 10.1. The summed E-state index contributed by atoms with van der Waals surface area (Å²) in [5.74, 6) is 0.0493. The van der Waals surface area contributed by atoms with E-state index in [2.05, 4.69) is 15.1 Å². The molecule has 1 fully saturated rings. The zero-order valence-electron chi connectivity index (χ0n) is 14.7. The fourth-order valence-corrected chi connectivity index (χ4v) is 3.50. The second kappa shape index (κ2) is 5.95. The maximum atomic E-state index is 13.1. The molecule has 6 heteroatoms. The van der Waals surface area contributed by atoms with Crippen LogP contribution in [0.1, 0.15) is 46.2 Å². The number of hydrogen-bond acceptors (Lipinski definition) is 4. The zero-order chi connectivity index (χ0) is 17.6. The summed E-state index contributed by atoms with van der Waals surface area (Å²) < 4.78 is 1.78. The average molecular weight is 335 g/mol. The third kappa shape index (κ3) is 2.77. The summed E-state index contributed by atoms with van der Waals surface area (Å²) in [5, 5.41) is 4.25. The van der Waals surface area contributed by atoms with E-state index in [9.17, 15) is 4.79 Å². The number of likely N-dealkylation sites (tertiary alicyclic amines) is 1. The molecule has 4 rings (SSSR count). The highest BCUT2D eigenvalue weighted by Gasteiger charge is 2.31. The monoisotopic (exact) mass is 335 g/mol. The van der Waals surface area contributed by atoms with E-state index in [1.54, 1.807) is 4.68 Å². The van der Waals surface area contributed by atoms with Gasteiger partial charge in [0.1, 0.15) is 0 Å². The van der Waals surface area contributed by atoms with Crippen molar-refractivity contribution < 1.29 is 4.79 Å². The highest BCUT2D eigenvalue weighted by Crippen LogP contribution is 2.33. The van der Waals surface area contributed by atoms with Gasteiger partial charge in [-0.2, -0.15) is 5.10 Å². The molecule has 128 valence electrons. The Hall–Kier alpha value is -2.76. The Morgan fingerprint density at radius 1 is 1.16 bits per heavy atom. The Morgan fingerprint density at radius 2 is 1.92 bits per heavy atom. The highest BCUT2D eigenvalue weighted by atomic mass is 16.2. The number of carbonyl (C=O) groups excluding carboxylic acids is 1. The van der Waals surface area contributed by atoms with Gasteiger partial charge in [0.15, 0.2) is 0 Å². The first-order valence-electron chi connectivity index (χ1n) is 8.57. The molecule has 0 bridgehead atoms. The van der Waals surface area contributed by atoms with E-state index in [-0.39, 0.29) is 11.9 Å². The van der Waals surface area contributed by atoms with Crippen molar-refractivity contribution in [3.63, 3.8) is 0 Å². The van der Waals surface area contributed by atoms with Crippen molar-refractivity contribution in [3.8, 4) is 0 Å². The van der Waals surface area contributed by atoms with Crippen LogP contribution in [0.3, 0.4) is 0 Å². The van der Waals surface area contributed by atoms with E-state index in [1.165, 1.54) is 0 Å². The summed E-state index contributed by atoms with van der Waals surface area (Å²) in [5.41, 5.74) is 5.17. The summed E-state index contributed by atoms with van der Waals surface area (Å²) in [6.45, 7) is 4.66. The van der Waals surface area contributed by atoms with Gasteiger partial charge in [0.25, 0.3) is 5.91 Å². The Bertz CT molecular complexity index is 962. The fourth-order valence-electron chi connectivity index (χ4n) is 3.50. The van der Waals surface area contributed by atoms with E-state index in [4.69, 9.17) is 0 Å². The number of fused-ring (bicyclic) bond motifs is 1. The molecule has 0 radical (unpaired) electrons. The van der Waals surface area contributed by atoms with Gasteiger partial charge in [-0.1, -0.05) is 0 Å². The first-order valence-corrected chi connectivity index (χ1v) is 8.57. The molecule has 2 aromatic heterocycles. The molecule has 1 saturated heterocycles. The van der Waals surface area contributed by atoms with Crippen molar-refractivity contribution in [2.45, 2.75) is 32.7 Å². The number of rotatable bonds is 2. The van der Waals surface area contributed by atoms with Crippen LogP contribution in [0.15, 0.2) is 30.6 Å². The second-order valence-electron chi connectivity index (χ2n) is 6.70. The predicted octanol–water partition coefficient (Wildman–Crippen LogP) is 2.96. The first-order chi connectivity index (χ1) is 12.0. The molecular weight excluding hydrogens is 314 g/mol. The van der Waals surface area contributed by atoms with Crippen molar-refractivity contribution in [2.75, 3.05) is 6.54 Å². The maximum Gasteiger partial charge on any atom is 0.254 e.